The van der Waals surface area contributed by atoms with Crippen molar-refractivity contribution in [1.82, 2.24) is 0 Å². The molecule has 0 spiro atoms. The second-order valence-corrected chi connectivity index (χ2v) is 5.94. The first-order valence-corrected chi connectivity index (χ1v) is 7.86. The van der Waals surface area contributed by atoms with E-state index in [1.807, 2.05) is 11.8 Å². The van der Waals surface area contributed by atoms with Crippen molar-refractivity contribution >= 4 is 17.7 Å². The van der Waals surface area contributed by atoms with Gasteiger partial charge < -0.3 is 20.7 Å². The third kappa shape index (κ3) is 9.83. The zero-order valence-corrected chi connectivity index (χ0v) is 12.9. The molecule has 1 aromatic rings. The molecule has 0 aliphatic rings. The van der Waals surface area contributed by atoms with Crippen LogP contribution < -0.4 is 10.8 Å². The third-order valence-electron chi connectivity index (χ3n) is 2.44. The van der Waals surface area contributed by atoms with Gasteiger partial charge in [-0.1, -0.05) is 44.2 Å². The molecule has 0 heterocycles. The van der Waals surface area contributed by atoms with Crippen LogP contribution in [0.1, 0.15) is 31.9 Å². The fourth-order valence-corrected chi connectivity index (χ4v) is 2.28. The average Bonchev–Trinajstić information content (AvgIpc) is 2.44. The number of nitrogens with two attached hydrogens (primary N) is 1. The zero-order chi connectivity index (χ0) is 15.4. The van der Waals surface area contributed by atoms with Crippen LogP contribution in [0.5, 0.6) is 0 Å². The molecule has 0 amide bonds. The topological polar surface area (TPSA) is 86.4 Å². The van der Waals surface area contributed by atoms with Crippen molar-refractivity contribution in [3.8, 4) is 0 Å². The van der Waals surface area contributed by atoms with Crippen LogP contribution in [0.25, 0.3) is 0 Å². The first-order valence-electron chi connectivity index (χ1n) is 6.70. The largest absolute Gasteiger partial charge is 0.547 e. The zero-order valence-electron chi connectivity index (χ0n) is 12.1. The number of carbonyl (C=O) groups is 1. The molecule has 0 aliphatic heterocycles. The highest BCUT2D eigenvalue weighted by atomic mass is 32.2. The number of rotatable bonds is 7. The van der Waals surface area contributed by atoms with Gasteiger partial charge in [0.25, 0.3) is 0 Å². The molecule has 3 N–H and O–H groups in total. The van der Waals surface area contributed by atoms with Crippen molar-refractivity contribution < 1.29 is 15.0 Å². The van der Waals surface area contributed by atoms with E-state index in [1.165, 1.54) is 24.3 Å². The van der Waals surface area contributed by atoms with Crippen molar-refractivity contribution in [3.63, 3.8) is 0 Å². The van der Waals surface area contributed by atoms with E-state index in [9.17, 15) is 9.90 Å². The summed E-state index contributed by atoms with van der Waals surface area (Å²) in [4.78, 5) is 10.1. The minimum Gasteiger partial charge on any atom is -0.547 e. The number of hydrogen-bond acceptors (Lipinski definition) is 5. The summed E-state index contributed by atoms with van der Waals surface area (Å²) in [6.07, 6.45) is -0.193. The van der Waals surface area contributed by atoms with Gasteiger partial charge in [-0.2, -0.15) is 11.8 Å². The fourth-order valence-electron chi connectivity index (χ4n) is 1.28. The molecule has 5 heteroatoms. The van der Waals surface area contributed by atoms with Crippen LogP contribution in [0, 0.1) is 5.92 Å². The highest BCUT2D eigenvalue weighted by Crippen LogP contribution is 2.09. The summed E-state index contributed by atoms with van der Waals surface area (Å²) in [5.74, 6) is 1.76. The SMILES string of the molecule is CC(C)CCSCCN.O=C([O-])C(O)c1ccccc1. The van der Waals surface area contributed by atoms with Gasteiger partial charge in [0.05, 0.1) is 5.97 Å². The molecule has 1 aromatic carbocycles. The molecule has 1 rings (SSSR count). The van der Waals surface area contributed by atoms with Crippen LogP contribution in [0.4, 0.5) is 0 Å². The summed E-state index contributed by atoms with van der Waals surface area (Å²) in [7, 11) is 0. The smallest absolute Gasteiger partial charge is 0.118 e. The summed E-state index contributed by atoms with van der Waals surface area (Å²) in [5.41, 5.74) is 5.66. The Hall–Kier alpha value is -1.04. The molecular weight excluding hydrogens is 274 g/mol. The van der Waals surface area contributed by atoms with E-state index < -0.39 is 12.1 Å². The van der Waals surface area contributed by atoms with E-state index in [4.69, 9.17) is 10.8 Å². The lowest BCUT2D eigenvalue weighted by atomic mass is 10.1. The predicted molar refractivity (Wildman–Crippen MR) is 82.2 cm³/mol. The van der Waals surface area contributed by atoms with Crippen LogP contribution in [0.2, 0.25) is 0 Å². The second kappa shape index (κ2) is 11.8. The number of hydrogen-bond donors (Lipinski definition) is 2. The Morgan fingerprint density at radius 3 is 2.35 bits per heavy atom. The summed E-state index contributed by atoms with van der Waals surface area (Å²) < 4.78 is 0. The Balaban J connectivity index is 0.000000370. The van der Waals surface area contributed by atoms with Crippen molar-refractivity contribution in [2.75, 3.05) is 18.1 Å². The standard InChI is InChI=1S/C8H8O3.C7H17NS/c9-7(8(10)11)6-4-2-1-3-5-6;1-7(2)3-5-9-6-4-8/h1-5,7,9H,(H,10,11);7H,3-6,8H2,1-2H3/p-1. The molecule has 1 atom stereocenters. The van der Waals surface area contributed by atoms with Crippen molar-refractivity contribution in [3.05, 3.63) is 35.9 Å². The Bertz CT molecular complexity index is 357. The lowest BCUT2D eigenvalue weighted by Gasteiger charge is -2.10. The quantitative estimate of drug-likeness (QED) is 0.739. The lowest BCUT2D eigenvalue weighted by Crippen LogP contribution is -2.29. The molecular formula is C15H24NO3S-. The van der Waals surface area contributed by atoms with E-state index in [0.29, 0.717) is 5.56 Å². The van der Waals surface area contributed by atoms with Gasteiger partial charge in [0.2, 0.25) is 0 Å². The van der Waals surface area contributed by atoms with Crippen molar-refractivity contribution in [1.29, 1.82) is 0 Å². The average molecular weight is 298 g/mol. The van der Waals surface area contributed by atoms with E-state index in [1.54, 1.807) is 18.2 Å². The predicted octanol–water partition coefficient (Wildman–Crippen LogP) is 1.19. The van der Waals surface area contributed by atoms with Gasteiger partial charge in [0.1, 0.15) is 6.10 Å². The maximum atomic E-state index is 10.1. The molecule has 0 fully saturated rings. The summed E-state index contributed by atoms with van der Waals surface area (Å²) in [6.45, 7) is 5.33. The normalized spacial score (nSPS) is 11.7. The maximum absolute atomic E-state index is 10.1. The number of carboxylic acids is 1. The highest BCUT2D eigenvalue weighted by Gasteiger charge is 2.05. The second-order valence-electron chi connectivity index (χ2n) is 4.72. The van der Waals surface area contributed by atoms with Gasteiger partial charge >= 0.3 is 0 Å². The van der Waals surface area contributed by atoms with E-state index in [-0.39, 0.29) is 0 Å². The van der Waals surface area contributed by atoms with E-state index in [2.05, 4.69) is 13.8 Å². The van der Waals surface area contributed by atoms with Crippen LogP contribution in [0.3, 0.4) is 0 Å². The number of benzene rings is 1. The molecule has 0 saturated heterocycles. The Morgan fingerprint density at radius 1 is 1.30 bits per heavy atom. The van der Waals surface area contributed by atoms with Gasteiger partial charge in [-0.25, -0.2) is 0 Å². The number of thioether (sulfide) groups is 1. The van der Waals surface area contributed by atoms with Crippen molar-refractivity contribution in [2.45, 2.75) is 26.4 Å². The van der Waals surface area contributed by atoms with Crippen LogP contribution in [0.15, 0.2) is 30.3 Å². The van der Waals surface area contributed by atoms with E-state index >= 15 is 0 Å². The van der Waals surface area contributed by atoms with E-state index in [0.717, 1.165) is 18.2 Å². The number of aliphatic carboxylic acids is 1. The van der Waals surface area contributed by atoms with Crippen molar-refractivity contribution in [2.24, 2.45) is 11.7 Å². The number of aliphatic hydroxyl groups is 1. The van der Waals surface area contributed by atoms with Crippen LogP contribution >= 0.6 is 11.8 Å². The Kier molecular flexibility index (Phi) is 11.1. The van der Waals surface area contributed by atoms with Gasteiger partial charge in [-0.15, -0.1) is 0 Å². The molecule has 114 valence electrons. The number of carboxylic acid groups (broad SMARTS) is 1. The monoisotopic (exact) mass is 298 g/mol. The summed E-state index contributed by atoms with van der Waals surface area (Å²) >= 11 is 1.96. The summed E-state index contributed by atoms with van der Waals surface area (Å²) in [6, 6.07) is 8.11. The minimum atomic E-state index is -1.52. The van der Waals surface area contributed by atoms with Crippen LogP contribution in [-0.4, -0.2) is 29.1 Å². The number of carbonyl (C=O) groups excluding carboxylic acids is 1. The number of aliphatic hydroxyl groups excluding tert-OH is 1. The minimum absolute atomic E-state index is 0.340. The molecule has 1 unspecified atom stereocenters. The third-order valence-corrected chi connectivity index (χ3v) is 3.49. The van der Waals surface area contributed by atoms with Gasteiger partial charge in [-0.05, 0) is 23.7 Å². The molecule has 4 nitrogen and oxygen atoms in total. The molecule has 0 saturated carbocycles. The maximum Gasteiger partial charge on any atom is 0.118 e. The molecule has 0 aromatic heterocycles. The Morgan fingerprint density at radius 2 is 1.90 bits per heavy atom. The lowest BCUT2D eigenvalue weighted by molar-refractivity contribution is -0.315. The highest BCUT2D eigenvalue weighted by molar-refractivity contribution is 7.99. The van der Waals surface area contributed by atoms with Gasteiger partial charge in [-0.3, -0.25) is 0 Å². The molecule has 20 heavy (non-hydrogen) atoms. The van der Waals surface area contributed by atoms with Crippen LogP contribution in [-0.2, 0) is 4.79 Å². The first-order chi connectivity index (χ1) is 9.49. The summed E-state index contributed by atoms with van der Waals surface area (Å²) in [5, 5.41) is 19.1. The van der Waals surface area contributed by atoms with Gasteiger partial charge in [0.15, 0.2) is 0 Å². The molecule has 0 radical (unpaired) electrons. The molecule has 0 bridgehead atoms. The fraction of sp³-hybridized carbons (Fsp3) is 0.533. The van der Waals surface area contributed by atoms with Gasteiger partial charge in [0, 0.05) is 12.3 Å². The molecule has 0 aliphatic carbocycles. The first kappa shape index (κ1) is 19.0. The Labute approximate surface area is 125 Å².